The fraction of sp³-hybridized carbons (Fsp3) is 0.333. The molecule has 1 unspecified atom stereocenters. The summed E-state index contributed by atoms with van der Waals surface area (Å²) in [6, 6.07) is 2.28. The van der Waals surface area contributed by atoms with Gasteiger partial charge in [0.25, 0.3) is 0 Å². The van der Waals surface area contributed by atoms with Crippen LogP contribution in [0.15, 0.2) is 16.6 Å². The van der Waals surface area contributed by atoms with E-state index in [-0.39, 0.29) is 10.2 Å². The second-order valence-corrected chi connectivity index (χ2v) is 3.91. The molecule has 0 aliphatic rings. The summed E-state index contributed by atoms with van der Waals surface area (Å²) in [6.45, 7) is 0. The molecule has 0 heterocycles. The molecule has 0 spiro atoms. The van der Waals surface area contributed by atoms with Crippen molar-refractivity contribution in [2.24, 2.45) is 0 Å². The van der Waals surface area contributed by atoms with Gasteiger partial charge in [-0.2, -0.15) is 13.2 Å². The summed E-state index contributed by atoms with van der Waals surface area (Å²) in [7, 11) is 1.20. The second kappa shape index (κ2) is 4.50. The van der Waals surface area contributed by atoms with Crippen molar-refractivity contribution in [2.75, 3.05) is 7.11 Å². The normalized spacial score (nSPS) is 13.6. The monoisotopic (exact) mass is 300 g/mol. The topological polar surface area (TPSA) is 49.7 Å². The predicted molar refractivity (Wildman–Crippen MR) is 53.4 cm³/mol. The number of hydrogen-bond acceptors (Lipinski definition) is 3. The van der Waals surface area contributed by atoms with Crippen molar-refractivity contribution in [2.45, 2.75) is 12.3 Å². The first-order valence-electron chi connectivity index (χ1n) is 4.08. The highest BCUT2D eigenvalue weighted by Crippen LogP contribution is 2.42. The Kier molecular flexibility index (Phi) is 3.69. The highest BCUT2D eigenvalue weighted by atomic mass is 79.9. The number of phenols is 1. The SMILES string of the molecule is COc1cc(Br)cc(C(O)C(F)(F)F)c1O. The third-order valence-electron chi connectivity index (χ3n) is 1.89. The summed E-state index contributed by atoms with van der Waals surface area (Å²) in [5, 5.41) is 18.5. The zero-order valence-corrected chi connectivity index (χ0v) is 9.63. The van der Waals surface area contributed by atoms with Gasteiger partial charge in [0, 0.05) is 10.0 Å². The summed E-state index contributed by atoms with van der Waals surface area (Å²) in [5.74, 6) is -0.872. The van der Waals surface area contributed by atoms with Crippen molar-refractivity contribution in [1.29, 1.82) is 0 Å². The summed E-state index contributed by atoms with van der Waals surface area (Å²) < 4.78 is 41.7. The minimum absolute atomic E-state index is 0.146. The molecule has 0 aromatic heterocycles. The maximum Gasteiger partial charge on any atom is 0.418 e. The van der Waals surface area contributed by atoms with Gasteiger partial charge in [-0.3, -0.25) is 0 Å². The molecule has 1 atom stereocenters. The molecule has 16 heavy (non-hydrogen) atoms. The Bertz CT molecular complexity index is 392. The van der Waals surface area contributed by atoms with E-state index in [1.54, 1.807) is 0 Å². The molecule has 1 aromatic carbocycles. The Morgan fingerprint density at radius 1 is 1.38 bits per heavy atom. The van der Waals surface area contributed by atoms with Crippen molar-refractivity contribution in [1.82, 2.24) is 0 Å². The number of ether oxygens (including phenoxy) is 1. The molecule has 0 bridgehead atoms. The molecular formula is C9H8BrF3O3. The Hall–Kier alpha value is -0.950. The van der Waals surface area contributed by atoms with Crippen LogP contribution in [0.2, 0.25) is 0 Å². The fourth-order valence-corrected chi connectivity index (χ4v) is 1.59. The number of aromatic hydroxyl groups is 1. The molecule has 1 aromatic rings. The number of hydrogen-bond donors (Lipinski definition) is 2. The molecule has 0 amide bonds. The highest BCUT2D eigenvalue weighted by Gasteiger charge is 2.41. The Balaban J connectivity index is 3.28. The van der Waals surface area contributed by atoms with Gasteiger partial charge in [-0.1, -0.05) is 15.9 Å². The fourth-order valence-electron chi connectivity index (χ4n) is 1.13. The van der Waals surface area contributed by atoms with Crippen LogP contribution < -0.4 is 4.74 Å². The van der Waals surface area contributed by atoms with Crippen LogP contribution in [-0.4, -0.2) is 23.5 Å². The lowest BCUT2D eigenvalue weighted by molar-refractivity contribution is -0.207. The van der Waals surface area contributed by atoms with Crippen LogP contribution >= 0.6 is 15.9 Å². The molecule has 0 fully saturated rings. The summed E-state index contributed by atoms with van der Waals surface area (Å²) in [4.78, 5) is 0. The summed E-state index contributed by atoms with van der Waals surface area (Å²) >= 11 is 2.95. The standard InChI is InChI=1S/C9H8BrF3O3/c1-16-6-3-4(10)2-5(7(6)14)8(15)9(11,12)13/h2-3,8,14-15H,1H3. The largest absolute Gasteiger partial charge is 0.504 e. The van der Waals surface area contributed by atoms with E-state index < -0.39 is 23.6 Å². The van der Waals surface area contributed by atoms with E-state index >= 15 is 0 Å². The lowest BCUT2D eigenvalue weighted by Crippen LogP contribution is -2.20. The zero-order chi connectivity index (χ0) is 12.5. The summed E-state index contributed by atoms with van der Waals surface area (Å²) in [5.41, 5.74) is -0.654. The van der Waals surface area contributed by atoms with Gasteiger partial charge in [-0.25, -0.2) is 0 Å². The molecule has 2 N–H and O–H groups in total. The number of phenolic OH excluding ortho intramolecular Hbond substituents is 1. The minimum Gasteiger partial charge on any atom is -0.504 e. The Labute approximate surface area is 97.6 Å². The third-order valence-corrected chi connectivity index (χ3v) is 2.35. The van der Waals surface area contributed by atoms with E-state index in [2.05, 4.69) is 20.7 Å². The van der Waals surface area contributed by atoms with Crippen LogP contribution in [0, 0.1) is 0 Å². The molecule has 7 heteroatoms. The average Bonchev–Trinajstić information content (AvgIpc) is 2.18. The third kappa shape index (κ3) is 2.59. The van der Waals surface area contributed by atoms with Gasteiger partial charge in [0.05, 0.1) is 7.11 Å². The van der Waals surface area contributed by atoms with E-state index in [0.29, 0.717) is 0 Å². The molecule has 0 radical (unpaired) electrons. The molecule has 0 saturated heterocycles. The zero-order valence-electron chi connectivity index (χ0n) is 8.05. The minimum atomic E-state index is -4.84. The lowest BCUT2D eigenvalue weighted by Gasteiger charge is -2.17. The van der Waals surface area contributed by atoms with Crippen molar-refractivity contribution in [3.63, 3.8) is 0 Å². The first-order valence-corrected chi connectivity index (χ1v) is 4.88. The van der Waals surface area contributed by atoms with Crippen molar-refractivity contribution in [3.8, 4) is 11.5 Å². The first-order chi connectivity index (χ1) is 7.27. The van der Waals surface area contributed by atoms with Gasteiger partial charge in [-0.15, -0.1) is 0 Å². The molecular weight excluding hydrogens is 293 g/mol. The molecule has 1 rings (SSSR count). The number of rotatable bonds is 2. The maximum atomic E-state index is 12.3. The molecule has 0 aliphatic carbocycles. The van der Waals surface area contributed by atoms with Crippen LogP contribution in [0.25, 0.3) is 0 Å². The number of alkyl halides is 3. The maximum absolute atomic E-state index is 12.3. The van der Waals surface area contributed by atoms with Crippen LogP contribution in [-0.2, 0) is 0 Å². The van der Waals surface area contributed by atoms with E-state index in [1.807, 2.05) is 0 Å². The average molecular weight is 301 g/mol. The predicted octanol–water partition coefficient (Wildman–Crippen LogP) is 2.76. The van der Waals surface area contributed by atoms with Gasteiger partial charge in [0.2, 0.25) is 0 Å². The van der Waals surface area contributed by atoms with Crippen molar-refractivity contribution < 1.29 is 28.1 Å². The quantitative estimate of drug-likeness (QED) is 0.883. The van der Waals surface area contributed by atoms with E-state index in [4.69, 9.17) is 5.11 Å². The number of aliphatic hydroxyl groups is 1. The highest BCUT2D eigenvalue weighted by molar-refractivity contribution is 9.10. The second-order valence-electron chi connectivity index (χ2n) is 2.99. The smallest absolute Gasteiger partial charge is 0.418 e. The molecule has 90 valence electrons. The lowest BCUT2D eigenvalue weighted by atomic mass is 10.1. The number of methoxy groups -OCH3 is 1. The number of aliphatic hydroxyl groups excluding tert-OH is 1. The van der Waals surface area contributed by atoms with Gasteiger partial charge in [0.1, 0.15) is 0 Å². The summed E-state index contributed by atoms with van der Waals surface area (Å²) in [6.07, 6.45) is -7.59. The molecule has 3 nitrogen and oxygen atoms in total. The van der Waals surface area contributed by atoms with Gasteiger partial charge < -0.3 is 14.9 Å². The number of benzene rings is 1. The van der Waals surface area contributed by atoms with Crippen LogP contribution in [0.5, 0.6) is 11.5 Å². The Morgan fingerprint density at radius 2 is 1.94 bits per heavy atom. The van der Waals surface area contributed by atoms with Gasteiger partial charge in [-0.05, 0) is 12.1 Å². The van der Waals surface area contributed by atoms with Crippen LogP contribution in [0.3, 0.4) is 0 Å². The van der Waals surface area contributed by atoms with E-state index in [9.17, 15) is 18.3 Å². The van der Waals surface area contributed by atoms with E-state index in [1.165, 1.54) is 13.2 Å². The van der Waals surface area contributed by atoms with Gasteiger partial charge >= 0.3 is 6.18 Å². The number of halogens is 4. The Morgan fingerprint density at radius 3 is 2.38 bits per heavy atom. The van der Waals surface area contributed by atoms with Gasteiger partial charge in [0.15, 0.2) is 17.6 Å². The molecule has 0 saturated carbocycles. The van der Waals surface area contributed by atoms with Crippen molar-refractivity contribution in [3.05, 3.63) is 22.2 Å². The van der Waals surface area contributed by atoms with E-state index in [0.717, 1.165) is 6.07 Å². The molecule has 0 aliphatic heterocycles. The van der Waals surface area contributed by atoms with Crippen molar-refractivity contribution >= 4 is 15.9 Å². The first kappa shape index (κ1) is 13.1. The van der Waals surface area contributed by atoms with Crippen LogP contribution in [0.4, 0.5) is 13.2 Å². The van der Waals surface area contributed by atoms with Crippen LogP contribution in [0.1, 0.15) is 11.7 Å².